The fourth-order valence-corrected chi connectivity index (χ4v) is 1.72. The lowest BCUT2D eigenvalue weighted by molar-refractivity contribution is 0.0478. The van der Waals surface area contributed by atoms with Crippen molar-refractivity contribution in [3.63, 3.8) is 0 Å². The number of aliphatic hydroxyl groups is 1. The minimum absolute atomic E-state index is 0.446. The molecule has 0 rings (SSSR count). The predicted octanol–water partition coefficient (Wildman–Crippen LogP) is 2.32. The Balaban J connectivity index is 3.43. The topological polar surface area (TPSA) is 20.2 Å². The summed E-state index contributed by atoms with van der Waals surface area (Å²) in [5.41, 5.74) is -0.446. The van der Waals surface area contributed by atoms with Crippen molar-refractivity contribution in [3.05, 3.63) is 0 Å². The van der Waals surface area contributed by atoms with E-state index in [2.05, 4.69) is 22.9 Å². The standard InChI is InChI=1S/C7H15BrO/c1-3-4-7(2,9)5-6-8/h9H,3-6H2,1-2H3. The SMILES string of the molecule is CCCC(C)(O)CCBr. The van der Waals surface area contributed by atoms with Crippen LogP contribution in [0.2, 0.25) is 0 Å². The van der Waals surface area contributed by atoms with Crippen molar-refractivity contribution in [1.82, 2.24) is 0 Å². The second kappa shape index (κ2) is 4.29. The summed E-state index contributed by atoms with van der Waals surface area (Å²) in [6.07, 6.45) is 2.80. The minimum Gasteiger partial charge on any atom is -0.390 e. The molecule has 1 nitrogen and oxygen atoms in total. The molecule has 1 N–H and O–H groups in total. The summed E-state index contributed by atoms with van der Waals surface area (Å²) < 4.78 is 0. The van der Waals surface area contributed by atoms with Crippen LogP contribution in [0.25, 0.3) is 0 Å². The van der Waals surface area contributed by atoms with E-state index in [4.69, 9.17) is 0 Å². The van der Waals surface area contributed by atoms with Gasteiger partial charge in [-0.3, -0.25) is 0 Å². The summed E-state index contributed by atoms with van der Waals surface area (Å²) in [5, 5.41) is 10.4. The van der Waals surface area contributed by atoms with Gasteiger partial charge in [0.25, 0.3) is 0 Å². The quantitative estimate of drug-likeness (QED) is 0.682. The third kappa shape index (κ3) is 4.91. The molecule has 0 aromatic heterocycles. The van der Waals surface area contributed by atoms with Crippen LogP contribution in [-0.4, -0.2) is 16.0 Å². The van der Waals surface area contributed by atoms with E-state index in [9.17, 15) is 5.11 Å². The molecule has 9 heavy (non-hydrogen) atoms. The van der Waals surface area contributed by atoms with Crippen molar-refractivity contribution >= 4 is 15.9 Å². The van der Waals surface area contributed by atoms with E-state index in [1.165, 1.54) is 0 Å². The maximum absolute atomic E-state index is 9.48. The van der Waals surface area contributed by atoms with Crippen LogP contribution in [0.4, 0.5) is 0 Å². The Hall–Kier alpha value is 0.440. The molecule has 0 aliphatic rings. The van der Waals surface area contributed by atoms with Gasteiger partial charge in [-0.05, 0) is 19.8 Å². The third-order valence-electron chi connectivity index (χ3n) is 1.42. The highest BCUT2D eigenvalue weighted by atomic mass is 79.9. The molecule has 0 aromatic carbocycles. The van der Waals surface area contributed by atoms with E-state index < -0.39 is 5.60 Å². The lowest BCUT2D eigenvalue weighted by Crippen LogP contribution is -2.23. The number of rotatable bonds is 4. The van der Waals surface area contributed by atoms with E-state index in [0.717, 1.165) is 24.6 Å². The van der Waals surface area contributed by atoms with Gasteiger partial charge in [0.05, 0.1) is 5.60 Å². The molecule has 1 unspecified atom stereocenters. The lowest BCUT2D eigenvalue weighted by Gasteiger charge is -2.20. The molecular weight excluding hydrogens is 180 g/mol. The number of hydrogen-bond acceptors (Lipinski definition) is 1. The Bertz CT molecular complexity index is 63.3. The van der Waals surface area contributed by atoms with Crippen LogP contribution in [0.15, 0.2) is 0 Å². The molecule has 2 heteroatoms. The van der Waals surface area contributed by atoms with Gasteiger partial charge in [0.15, 0.2) is 0 Å². The predicted molar refractivity (Wildman–Crippen MR) is 43.9 cm³/mol. The molecule has 56 valence electrons. The van der Waals surface area contributed by atoms with E-state index >= 15 is 0 Å². The van der Waals surface area contributed by atoms with Crippen LogP contribution in [0.3, 0.4) is 0 Å². The molecule has 0 spiro atoms. The highest BCUT2D eigenvalue weighted by Crippen LogP contribution is 2.16. The van der Waals surface area contributed by atoms with E-state index in [0.29, 0.717) is 0 Å². The largest absolute Gasteiger partial charge is 0.390 e. The van der Waals surface area contributed by atoms with E-state index in [1.54, 1.807) is 0 Å². The Labute approximate surface area is 65.6 Å². The zero-order chi connectivity index (χ0) is 7.33. The second-order valence-electron chi connectivity index (χ2n) is 2.69. The molecule has 0 aliphatic carbocycles. The van der Waals surface area contributed by atoms with Gasteiger partial charge in [0, 0.05) is 5.33 Å². The Morgan fingerprint density at radius 2 is 2.00 bits per heavy atom. The minimum atomic E-state index is -0.446. The Morgan fingerprint density at radius 1 is 1.44 bits per heavy atom. The molecule has 0 bridgehead atoms. The summed E-state index contributed by atoms with van der Waals surface area (Å²) in [7, 11) is 0. The number of hydrogen-bond donors (Lipinski definition) is 1. The van der Waals surface area contributed by atoms with Crippen molar-refractivity contribution < 1.29 is 5.11 Å². The summed E-state index contributed by atoms with van der Waals surface area (Å²) in [4.78, 5) is 0. The van der Waals surface area contributed by atoms with Crippen LogP contribution >= 0.6 is 15.9 Å². The highest BCUT2D eigenvalue weighted by Gasteiger charge is 2.16. The zero-order valence-electron chi connectivity index (χ0n) is 6.15. The molecule has 0 aromatic rings. The van der Waals surface area contributed by atoms with Crippen molar-refractivity contribution in [2.75, 3.05) is 5.33 Å². The highest BCUT2D eigenvalue weighted by molar-refractivity contribution is 9.09. The van der Waals surface area contributed by atoms with Crippen LogP contribution in [-0.2, 0) is 0 Å². The van der Waals surface area contributed by atoms with Gasteiger partial charge in [0.2, 0.25) is 0 Å². The summed E-state index contributed by atoms with van der Waals surface area (Å²) in [5.74, 6) is 0. The average Bonchev–Trinajstić information content (AvgIpc) is 1.64. The van der Waals surface area contributed by atoms with Crippen molar-refractivity contribution in [3.8, 4) is 0 Å². The van der Waals surface area contributed by atoms with Crippen LogP contribution in [0.1, 0.15) is 33.1 Å². The summed E-state index contributed by atoms with van der Waals surface area (Å²) in [6, 6.07) is 0. The average molecular weight is 195 g/mol. The first kappa shape index (κ1) is 9.44. The maximum Gasteiger partial charge on any atom is 0.0627 e. The molecule has 1 atom stereocenters. The maximum atomic E-state index is 9.48. The van der Waals surface area contributed by atoms with Crippen molar-refractivity contribution in [2.45, 2.75) is 38.7 Å². The van der Waals surface area contributed by atoms with E-state index in [1.807, 2.05) is 6.92 Å². The van der Waals surface area contributed by atoms with Crippen molar-refractivity contribution in [2.24, 2.45) is 0 Å². The van der Waals surface area contributed by atoms with Gasteiger partial charge < -0.3 is 5.11 Å². The van der Waals surface area contributed by atoms with Gasteiger partial charge >= 0.3 is 0 Å². The smallest absolute Gasteiger partial charge is 0.0627 e. The number of alkyl halides is 1. The van der Waals surface area contributed by atoms with E-state index in [-0.39, 0.29) is 0 Å². The van der Waals surface area contributed by atoms with Gasteiger partial charge in [-0.2, -0.15) is 0 Å². The lowest BCUT2D eigenvalue weighted by atomic mass is 9.98. The first-order valence-corrected chi connectivity index (χ1v) is 4.53. The van der Waals surface area contributed by atoms with Crippen molar-refractivity contribution in [1.29, 1.82) is 0 Å². The van der Waals surface area contributed by atoms with Crippen LogP contribution in [0, 0.1) is 0 Å². The molecular formula is C7H15BrO. The molecule has 0 heterocycles. The Kier molecular flexibility index (Phi) is 4.50. The van der Waals surface area contributed by atoms with Gasteiger partial charge in [-0.1, -0.05) is 29.3 Å². The molecule has 0 fully saturated rings. The van der Waals surface area contributed by atoms with Crippen LogP contribution in [0.5, 0.6) is 0 Å². The Morgan fingerprint density at radius 3 is 2.33 bits per heavy atom. The third-order valence-corrected chi connectivity index (χ3v) is 1.82. The summed E-state index contributed by atoms with van der Waals surface area (Å²) in [6.45, 7) is 3.97. The van der Waals surface area contributed by atoms with Gasteiger partial charge in [0.1, 0.15) is 0 Å². The first-order valence-electron chi connectivity index (χ1n) is 3.41. The second-order valence-corrected chi connectivity index (χ2v) is 3.48. The molecule has 0 radical (unpaired) electrons. The molecule has 0 saturated heterocycles. The summed E-state index contributed by atoms with van der Waals surface area (Å²) >= 11 is 3.30. The molecule has 0 amide bonds. The monoisotopic (exact) mass is 194 g/mol. The van der Waals surface area contributed by atoms with Crippen LogP contribution < -0.4 is 0 Å². The molecule has 0 aliphatic heterocycles. The van der Waals surface area contributed by atoms with Gasteiger partial charge in [-0.15, -0.1) is 0 Å². The normalized spacial score (nSPS) is 17.3. The number of halogens is 1. The fraction of sp³-hybridized carbons (Fsp3) is 1.00. The van der Waals surface area contributed by atoms with Gasteiger partial charge in [-0.25, -0.2) is 0 Å². The molecule has 0 saturated carbocycles. The first-order chi connectivity index (χ1) is 4.12. The zero-order valence-corrected chi connectivity index (χ0v) is 7.74. The fourth-order valence-electron chi connectivity index (χ4n) is 0.867.